The minimum absolute atomic E-state index is 0.215. The Morgan fingerprint density at radius 2 is 1.86 bits per heavy atom. The molecule has 1 N–H and O–H groups in total. The number of rotatable bonds is 1. The molecule has 0 aromatic heterocycles. The van der Waals surface area contributed by atoms with Crippen LogP contribution in [0, 0.1) is 0 Å². The van der Waals surface area contributed by atoms with Crippen LogP contribution in [0.1, 0.15) is 5.56 Å². The van der Waals surface area contributed by atoms with Crippen LogP contribution in [0.5, 0.6) is 0 Å². The Labute approximate surface area is 122 Å². The predicted molar refractivity (Wildman–Crippen MR) is 82.8 cm³/mol. The fourth-order valence-corrected chi connectivity index (χ4v) is 2.25. The Morgan fingerprint density at radius 3 is 2.62 bits per heavy atom. The maximum absolute atomic E-state index is 12.4. The number of benzene rings is 2. The number of carbonyl (C=O) groups excluding carboxylic acids is 1. The van der Waals surface area contributed by atoms with Gasteiger partial charge in [-0.05, 0) is 24.3 Å². The van der Waals surface area contributed by atoms with Crippen LogP contribution < -0.4 is 10.2 Å². The van der Waals surface area contributed by atoms with E-state index in [2.05, 4.69) is 10.3 Å². The summed E-state index contributed by atoms with van der Waals surface area (Å²) < 4.78 is 5.26. The molecular weight excluding hydrogens is 266 g/mol. The zero-order valence-electron chi connectivity index (χ0n) is 11.6. The lowest BCUT2D eigenvalue weighted by Crippen LogP contribution is -2.38. The summed E-state index contributed by atoms with van der Waals surface area (Å²) in [5.74, 6) is 0.550. The summed E-state index contributed by atoms with van der Waals surface area (Å²) in [4.78, 5) is 18.3. The van der Waals surface area contributed by atoms with E-state index in [-0.39, 0.29) is 12.7 Å². The Bertz CT molecular complexity index is 683. The fourth-order valence-electron chi connectivity index (χ4n) is 2.25. The highest BCUT2D eigenvalue weighted by Gasteiger charge is 2.24. The number of urea groups is 1. The maximum Gasteiger partial charge on any atom is 0.327 e. The number of aliphatic imine (C=N–C) groups is 1. The van der Waals surface area contributed by atoms with Crippen LogP contribution in [0.15, 0.2) is 59.6 Å². The van der Waals surface area contributed by atoms with E-state index in [1.807, 2.05) is 54.6 Å². The number of carbonyl (C=O) groups is 1. The first-order valence-corrected chi connectivity index (χ1v) is 6.61. The van der Waals surface area contributed by atoms with Gasteiger partial charge < -0.3 is 10.1 Å². The van der Waals surface area contributed by atoms with Gasteiger partial charge in [0.1, 0.15) is 6.67 Å². The lowest BCUT2D eigenvalue weighted by molar-refractivity contribution is 0.257. The van der Waals surface area contributed by atoms with E-state index in [0.29, 0.717) is 5.90 Å². The standard InChI is InChI=1S/C16H15N3O2/c1-21-15-13-9-5-6-10-14(13)19(11-17-15)16(20)18-12-7-3-2-4-8-12/h2-10H,11H2,1H3,(H,18,20). The van der Waals surface area contributed by atoms with E-state index >= 15 is 0 Å². The van der Waals surface area contributed by atoms with Crippen LogP contribution in [-0.2, 0) is 4.74 Å². The molecule has 3 rings (SSSR count). The predicted octanol–water partition coefficient (Wildman–Crippen LogP) is 3.09. The molecule has 0 fully saturated rings. The molecule has 5 heteroatoms. The van der Waals surface area contributed by atoms with Gasteiger partial charge in [-0.3, -0.25) is 4.90 Å². The highest BCUT2D eigenvalue weighted by atomic mass is 16.5. The Kier molecular flexibility index (Phi) is 3.55. The van der Waals surface area contributed by atoms with Gasteiger partial charge in [-0.1, -0.05) is 30.3 Å². The zero-order valence-corrected chi connectivity index (χ0v) is 11.6. The van der Waals surface area contributed by atoms with E-state index in [1.165, 1.54) is 0 Å². The van der Waals surface area contributed by atoms with Crippen LogP contribution in [-0.4, -0.2) is 25.7 Å². The average molecular weight is 281 g/mol. The molecule has 2 aromatic rings. The first-order chi connectivity index (χ1) is 10.3. The third-order valence-corrected chi connectivity index (χ3v) is 3.24. The first-order valence-electron chi connectivity index (χ1n) is 6.61. The maximum atomic E-state index is 12.4. The van der Waals surface area contributed by atoms with Crippen molar-refractivity contribution < 1.29 is 9.53 Å². The van der Waals surface area contributed by atoms with Gasteiger partial charge in [0.25, 0.3) is 0 Å². The molecule has 0 spiro atoms. The van der Waals surface area contributed by atoms with Crippen molar-refractivity contribution in [1.29, 1.82) is 0 Å². The van der Waals surface area contributed by atoms with Gasteiger partial charge in [-0.2, -0.15) is 0 Å². The van der Waals surface area contributed by atoms with E-state index in [4.69, 9.17) is 4.74 Å². The molecule has 0 unspecified atom stereocenters. The van der Waals surface area contributed by atoms with E-state index < -0.39 is 0 Å². The van der Waals surface area contributed by atoms with Crippen LogP contribution >= 0.6 is 0 Å². The highest BCUT2D eigenvalue weighted by molar-refractivity contribution is 6.09. The SMILES string of the molecule is COC1=NCN(C(=O)Nc2ccccc2)c2ccccc21. The third-order valence-electron chi connectivity index (χ3n) is 3.24. The fraction of sp³-hybridized carbons (Fsp3) is 0.125. The Hall–Kier alpha value is -2.82. The number of hydrogen-bond acceptors (Lipinski definition) is 3. The number of nitrogens with one attached hydrogen (secondary N) is 1. The molecule has 0 bridgehead atoms. The number of amides is 2. The van der Waals surface area contributed by atoms with Crippen molar-refractivity contribution in [2.45, 2.75) is 0 Å². The number of fused-ring (bicyclic) bond motifs is 1. The van der Waals surface area contributed by atoms with E-state index in [9.17, 15) is 4.79 Å². The molecule has 0 saturated carbocycles. The van der Waals surface area contributed by atoms with Crippen molar-refractivity contribution in [3.05, 3.63) is 60.2 Å². The number of hydrogen-bond donors (Lipinski definition) is 1. The summed E-state index contributed by atoms with van der Waals surface area (Å²) >= 11 is 0. The van der Waals surface area contributed by atoms with Crippen LogP contribution in [0.25, 0.3) is 0 Å². The second-order valence-corrected chi connectivity index (χ2v) is 4.55. The van der Waals surface area contributed by atoms with Crippen molar-refractivity contribution in [2.75, 3.05) is 24.0 Å². The molecule has 5 nitrogen and oxygen atoms in total. The summed E-state index contributed by atoms with van der Waals surface area (Å²) in [7, 11) is 1.58. The number of para-hydroxylation sites is 2. The highest BCUT2D eigenvalue weighted by Crippen LogP contribution is 2.26. The van der Waals surface area contributed by atoms with Gasteiger partial charge in [-0.15, -0.1) is 0 Å². The molecule has 0 atom stereocenters. The quantitative estimate of drug-likeness (QED) is 0.873. The van der Waals surface area contributed by atoms with Gasteiger partial charge in [0, 0.05) is 5.69 Å². The largest absolute Gasteiger partial charge is 0.481 e. The van der Waals surface area contributed by atoms with Crippen LogP contribution in [0.4, 0.5) is 16.2 Å². The molecule has 0 aliphatic carbocycles. The number of ether oxygens (including phenoxy) is 1. The Morgan fingerprint density at radius 1 is 1.14 bits per heavy atom. The Balaban J connectivity index is 1.87. The minimum atomic E-state index is -0.215. The summed E-state index contributed by atoms with van der Waals surface area (Å²) in [5.41, 5.74) is 2.36. The lowest BCUT2D eigenvalue weighted by Gasteiger charge is -2.27. The molecule has 106 valence electrons. The molecule has 1 aliphatic rings. The average Bonchev–Trinajstić information content (AvgIpc) is 2.54. The molecule has 2 aromatic carbocycles. The topological polar surface area (TPSA) is 53.9 Å². The number of methoxy groups -OCH3 is 1. The molecule has 0 saturated heterocycles. The van der Waals surface area contributed by atoms with Gasteiger partial charge in [-0.25, -0.2) is 9.79 Å². The molecule has 1 aliphatic heterocycles. The molecular formula is C16H15N3O2. The van der Waals surface area contributed by atoms with Gasteiger partial charge >= 0.3 is 6.03 Å². The van der Waals surface area contributed by atoms with Gasteiger partial charge in [0.2, 0.25) is 5.90 Å². The van der Waals surface area contributed by atoms with Crippen molar-refractivity contribution in [3.8, 4) is 0 Å². The molecule has 21 heavy (non-hydrogen) atoms. The third kappa shape index (κ3) is 2.58. The molecule has 2 amide bonds. The normalized spacial score (nSPS) is 13.2. The van der Waals surface area contributed by atoms with Crippen LogP contribution in [0.3, 0.4) is 0 Å². The second-order valence-electron chi connectivity index (χ2n) is 4.55. The van der Waals surface area contributed by atoms with Gasteiger partial charge in [0.15, 0.2) is 0 Å². The summed E-state index contributed by atoms with van der Waals surface area (Å²) in [6.45, 7) is 0.235. The minimum Gasteiger partial charge on any atom is -0.481 e. The second kappa shape index (κ2) is 5.66. The van der Waals surface area contributed by atoms with Crippen molar-refractivity contribution in [3.63, 3.8) is 0 Å². The number of anilines is 2. The molecule has 0 radical (unpaired) electrons. The summed E-state index contributed by atoms with van der Waals surface area (Å²) in [6, 6.07) is 16.7. The summed E-state index contributed by atoms with van der Waals surface area (Å²) in [6.07, 6.45) is 0. The van der Waals surface area contributed by atoms with Crippen molar-refractivity contribution in [1.82, 2.24) is 0 Å². The van der Waals surface area contributed by atoms with E-state index in [0.717, 1.165) is 16.9 Å². The lowest BCUT2D eigenvalue weighted by atomic mass is 10.1. The van der Waals surface area contributed by atoms with E-state index in [1.54, 1.807) is 12.0 Å². The van der Waals surface area contributed by atoms with Crippen molar-refractivity contribution >= 4 is 23.3 Å². The van der Waals surface area contributed by atoms with Gasteiger partial charge in [0.05, 0.1) is 18.4 Å². The van der Waals surface area contributed by atoms with Crippen LogP contribution in [0.2, 0.25) is 0 Å². The first kappa shape index (κ1) is 13.2. The number of nitrogens with zero attached hydrogens (tertiary/aromatic N) is 2. The monoisotopic (exact) mass is 281 g/mol. The molecule has 1 heterocycles. The zero-order chi connectivity index (χ0) is 14.7. The van der Waals surface area contributed by atoms with Crippen molar-refractivity contribution in [2.24, 2.45) is 4.99 Å². The smallest absolute Gasteiger partial charge is 0.327 e. The summed E-state index contributed by atoms with van der Waals surface area (Å²) in [5, 5.41) is 2.86.